The number of aliphatic hydroxyl groups excluding tert-OH is 2. The largest absolute Gasteiger partial charge is 0.493 e. The minimum atomic E-state index is -0.549. The van der Waals surface area contributed by atoms with Crippen LogP contribution in [0.2, 0.25) is 0 Å². The van der Waals surface area contributed by atoms with Gasteiger partial charge in [0.2, 0.25) is 0 Å². The number of piperidine rings is 1. The van der Waals surface area contributed by atoms with Crippen molar-refractivity contribution < 1.29 is 19.7 Å². The van der Waals surface area contributed by atoms with Crippen molar-refractivity contribution in [2.24, 2.45) is 0 Å². The summed E-state index contributed by atoms with van der Waals surface area (Å²) < 4.78 is 11.2. The van der Waals surface area contributed by atoms with Gasteiger partial charge in [0.25, 0.3) is 0 Å². The standard InChI is InChI=1S/C20H34N2O4/c1-15(2)21(3)13-18(24)14-26-19-6-5-16(11-20(19)25-4)12-22-9-7-17(23)8-10-22/h5-6,11,15,17-18,23-24H,7-10,12-14H2,1-4H3/t18-/m0/s1. The minimum Gasteiger partial charge on any atom is -0.493 e. The van der Waals surface area contributed by atoms with Gasteiger partial charge in [-0.1, -0.05) is 6.07 Å². The molecule has 1 heterocycles. The van der Waals surface area contributed by atoms with Crippen LogP contribution in [0.5, 0.6) is 11.5 Å². The van der Waals surface area contributed by atoms with E-state index in [0.717, 1.165) is 38.0 Å². The van der Waals surface area contributed by atoms with E-state index in [-0.39, 0.29) is 12.7 Å². The third kappa shape index (κ3) is 6.43. The van der Waals surface area contributed by atoms with E-state index in [9.17, 15) is 10.2 Å². The van der Waals surface area contributed by atoms with Crippen LogP contribution >= 0.6 is 0 Å². The lowest BCUT2D eigenvalue weighted by molar-refractivity contribution is 0.0667. The van der Waals surface area contributed by atoms with Gasteiger partial charge in [-0.25, -0.2) is 0 Å². The van der Waals surface area contributed by atoms with Gasteiger partial charge < -0.3 is 24.6 Å². The van der Waals surface area contributed by atoms with Gasteiger partial charge in [0.05, 0.1) is 13.2 Å². The zero-order chi connectivity index (χ0) is 19.1. The first-order valence-electron chi connectivity index (χ1n) is 9.47. The molecule has 26 heavy (non-hydrogen) atoms. The highest BCUT2D eigenvalue weighted by molar-refractivity contribution is 5.43. The van der Waals surface area contributed by atoms with E-state index in [0.29, 0.717) is 24.1 Å². The van der Waals surface area contributed by atoms with Crippen molar-refractivity contribution in [3.05, 3.63) is 23.8 Å². The maximum atomic E-state index is 10.2. The number of ether oxygens (including phenoxy) is 2. The Balaban J connectivity index is 1.89. The first-order valence-corrected chi connectivity index (χ1v) is 9.47. The highest BCUT2D eigenvalue weighted by atomic mass is 16.5. The van der Waals surface area contributed by atoms with Crippen LogP contribution < -0.4 is 9.47 Å². The second-order valence-electron chi connectivity index (χ2n) is 7.49. The molecule has 0 amide bonds. The Hall–Kier alpha value is -1.34. The zero-order valence-electron chi connectivity index (χ0n) is 16.5. The van der Waals surface area contributed by atoms with Crippen LogP contribution in [0, 0.1) is 0 Å². The molecule has 1 aliphatic rings. The monoisotopic (exact) mass is 366 g/mol. The van der Waals surface area contributed by atoms with Crippen LogP contribution in [0.3, 0.4) is 0 Å². The van der Waals surface area contributed by atoms with Crippen molar-refractivity contribution in [3.8, 4) is 11.5 Å². The fraction of sp³-hybridized carbons (Fsp3) is 0.700. The van der Waals surface area contributed by atoms with E-state index in [2.05, 4.69) is 23.6 Å². The predicted octanol–water partition coefficient (Wildman–Crippen LogP) is 1.73. The topological polar surface area (TPSA) is 65.4 Å². The van der Waals surface area contributed by atoms with E-state index in [1.165, 1.54) is 0 Å². The molecule has 1 saturated heterocycles. The van der Waals surface area contributed by atoms with Crippen LogP contribution in [-0.2, 0) is 6.54 Å². The molecule has 0 aliphatic carbocycles. The molecule has 6 nitrogen and oxygen atoms in total. The highest BCUT2D eigenvalue weighted by Gasteiger charge is 2.18. The molecule has 1 fully saturated rings. The SMILES string of the molecule is COc1cc(CN2CCC(O)CC2)ccc1OC[C@@H](O)CN(C)C(C)C. The molecule has 2 N–H and O–H groups in total. The van der Waals surface area contributed by atoms with Crippen LogP contribution in [0.4, 0.5) is 0 Å². The molecule has 0 unspecified atom stereocenters. The van der Waals surface area contributed by atoms with E-state index < -0.39 is 6.10 Å². The molecule has 6 heteroatoms. The van der Waals surface area contributed by atoms with Crippen LogP contribution in [0.25, 0.3) is 0 Å². The fourth-order valence-corrected chi connectivity index (χ4v) is 3.05. The smallest absolute Gasteiger partial charge is 0.161 e. The lowest BCUT2D eigenvalue weighted by Crippen LogP contribution is -2.37. The molecule has 1 aliphatic heterocycles. The van der Waals surface area contributed by atoms with Gasteiger partial charge >= 0.3 is 0 Å². The van der Waals surface area contributed by atoms with Gasteiger partial charge in [0, 0.05) is 32.2 Å². The van der Waals surface area contributed by atoms with Crippen LogP contribution in [0.1, 0.15) is 32.3 Å². The normalized spacial score (nSPS) is 17.7. The van der Waals surface area contributed by atoms with E-state index in [1.807, 2.05) is 25.2 Å². The van der Waals surface area contributed by atoms with Crippen molar-refractivity contribution in [2.75, 3.05) is 40.4 Å². The first-order chi connectivity index (χ1) is 12.4. The molecule has 1 aromatic rings. The van der Waals surface area contributed by atoms with Gasteiger partial charge in [0.1, 0.15) is 12.7 Å². The second kappa shape index (κ2) is 10.1. The number of methoxy groups -OCH3 is 1. The number of benzene rings is 1. The quantitative estimate of drug-likeness (QED) is 0.694. The summed E-state index contributed by atoms with van der Waals surface area (Å²) in [6.45, 7) is 7.66. The number of aliphatic hydroxyl groups is 2. The van der Waals surface area contributed by atoms with E-state index >= 15 is 0 Å². The van der Waals surface area contributed by atoms with Crippen molar-refractivity contribution in [1.82, 2.24) is 9.80 Å². The summed E-state index contributed by atoms with van der Waals surface area (Å²) in [5.74, 6) is 1.33. The molecule has 1 aromatic carbocycles. The van der Waals surface area contributed by atoms with Gasteiger partial charge in [0.15, 0.2) is 11.5 Å². The summed E-state index contributed by atoms with van der Waals surface area (Å²) in [5, 5.41) is 19.8. The van der Waals surface area contributed by atoms with Gasteiger partial charge in [-0.15, -0.1) is 0 Å². The molecule has 0 aromatic heterocycles. The van der Waals surface area contributed by atoms with Gasteiger partial charge in [-0.2, -0.15) is 0 Å². The zero-order valence-corrected chi connectivity index (χ0v) is 16.5. The summed E-state index contributed by atoms with van der Waals surface area (Å²) in [7, 11) is 3.62. The maximum absolute atomic E-state index is 10.2. The molecule has 0 bridgehead atoms. The minimum absolute atomic E-state index is 0.155. The van der Waals surface area contributed by atoms with E-state index in [1.54, 1.807) is 7.11 Å². The fourth-order valence-electron chi connectivity index (χ4n) is 3.05. The Morgan fingerprint density at radius 2 is 1.92 bits per heavy atom. The predicted molar refractivity (Wildman–Crippen MR) is 103 cm³/mol. The van der Waals surface area contributed by atoms with Crippen LogP contribution in [0.15, 0.2) is 18.2 Å². The average molecular weight is 367 g/mol. The van der Waals surface area contributed by atoms with E-state index in [4.69, 9.17) is 9.47 Å². The third-order valence-corrected chi connectivity index (χ3v) is 5.00. The van der Waals surface area contributed by atoms with Gasteiger partial charge in [-0.05, 0) is 51.4 Å². The first kappa shape index (κ1) is 21.0. The third-order valence-electron chi connectivity index (χ3n) is 5.00. The number of likely N-dealkylation sites (tertiary alicyclic amines) is 1. The summed E-state index contributed by atoms with van der Waals surface area (Å²) in [6, 6.07) is 6.32. The summed E-state index contributed by atoms with van der Waals surface area (Å²) >= 11 is 0. The Morgan fingerprint density at radius 1 is 1.23 bits per heavy atom. The maximum Gasteiger partial charge on any atom is 0.161 e. The Kier molecular flexibility index (Phi) is 8.15. The Morgan fingerprint density at radius 3 is 2.54 bits per heavy atom. The van der Waals surface area contributed by atoms with Crippen molar-refractivity contribution in [3.63, 3.8) is 0 Å². The number of nitrogens with zero attached hydrogens (tertiary/aromatic N) is 2. The Bertz CT molecular complexity index is 545. The molecule has 0 radical (unpaired) electrons. The summed E-state index contributed by atoms with van der Waals surface area (Å²) in [5.41, 5.74) is 1.16. The Labute approximate surface area is 157 Å². The summed E-state index contributed by atoms with van der Waals surface area (Å²) in [4.78, 5) is 4.43. The number of likely N-dealkylation sites (N-methyl/N-ethyl adjacent to an activating group) is 1. The number of hydrogen-bond acceptors (Lipinski definition) is 6. The van der Waals surface area contributed by atoms with Crippen molar-refractivity contribution in [1.29, 1.82) is 0 Å². The van der Waals surface area contributed by atoms with Gasteiger partial charge in [-0.3, -0.25) is 4.90 Å². The van der Waals surface area contributed by atoms with Crippen molar-refractivity contribution >= 4 is 0 Å². The molecule has 2 rings (SSSR count). The number of rotatable bonds is 9. The molecular formula is C20H34N2O4. The lowest BCUT2D eigenvalue weighted by Gasteiger charge is -2.29. The molecule has 0 saturated carbocycles. The van der Waals surface area contributed by atoms with Crippen LogP contribution in [-0.4, -0.2) is 78.7 Å². The second-order valence-corrected chi connectivity index (χ2v) is 7.49. The molecule has 1 atom stereocenters. The van der Waals surface area contributed by atoms with Crippen molar-refractivity contribution in [2.45, 2.75) is 51.5 Å². The highest BCUT2D eigenvalue weighted by Crippen LogP contribution is 2.29. The molecule has 148 valence electrons. The summed E-state index contributed by atoms with van der Waals surface area (Å²) in [6.07, 6.45) is 0.964. The average Bonchev–Trinajstić information content (AvgIpc) is 2.62. The lowest BCUT2D eigenvalue weighted by atomic mass is 10.1. The number of hydrogen-bond donors (Lipinski definition) is 2. The molecular weight excluding hydrogens is 332 g/mol. The molecule has 0 spiro atoms.